The number of hydrogen-bond acceptors (Lipinski definition) is 2. The van der Waals surface area contributed by atoms with Crippen LogP contribution in [0.3, 0.4) is 0 Å². The van der Waals surface area contributed by atoms with Gasteiger partial charge in [0.25, 0.3) is 0 Å². The molecule has 0 atom stereocenters. The first-order chi connectivity index (χ1) is 9.17. The lowest BCUT2D eigenvalue weighted by atomic mass is 9.77. The van der Waals surface area contributed by atoms with Crippen molar-refractivity contribution in [1.29, 1.82) is 5.26 Å². The molecule has 1 N–H and O–H groups in total. The minimum Gasteiger partial charge on any atom is -0.504 e. The molecule has 0 amide bonds. The molecule has 3 heteroatoms. The number of halogens is 1. The highest BCUT2D eigenvalue weighted by atomic mass is 19.1. The van der Waals surface area contributed by atoms with E-state index in [1.165, 1.54) is 18.9 Å². The molecule has 0 aliphatic heterocycles. The molecule has 1 saturated carbocycles. The minimum absolute atomic E-state index is 0.0147. The summed E-state index contributed by atoms with van der Waals surface area (Å²) in [6.45, 7) is 2.20. The summed E-state index contributed by atoms with van der Waals surface area (Å²) in [6, 6.07) is 4.98. The highest BCUT2D eigenvalue weighted by Crippen LogP contribution is 2.40. The highest BCUT2D eigenvalue weighted by Gasteiger charge is 2.25. The van der Waals surface area contributed by atoms with Crippen LogP contribution in [0.25, 0.3) is 0 Å². The Labute approximate surface area is 113 Å². The fraction of sp³-hybridized carbons (Fsp3) is 0.562. The summed E-state index contributed by atoms with van der Waals surface area (Å²) in [6.07, 6.45) is 6.70. The molecule has 2 rings (SSSR count). The smallest absolute Gasteiger partial charge is 0.169 e. The predicted octanol–water partition coefficient (Wildman–Crippen LogP) is 4.48. The summed E-state index contributed by atoms with van der Waals surface area (Å²) < 4.78 is 14.1. The van der Waals surface area contributed by atoms with Crippen LogP contribution in [-0.4, -0.2) is 5.11 Å². The molecular formula is C16H20FNO. The van der Waals surface area contributed by atoms with Gasteiger partial charge in [-0.1, -0.05) is 25.8 Å². The van der Waals surface area contributed by atoms with Gasteiger partial charge < -0.3 is 5.11 Å². The van der Waals surface area contributed by atoms with Crippen molar-refractivity contribution < 1.29 is 9.50 Å². The largest absolute Gasteiger partial charge is 0.504 e. The first kappa shape index (κ1) is 13.9. The zero-order chi connectivity index (χ0) is 13.8. The van der Waals surface area contributed by atoms with E-state index in [0.717, 1.165) is 31.6 Å². The number of aromatic hydroxyl groups is 1. The van der Waals surface area contributed by atoms with Gasteiger partial charge >= 0.3 is 0 Å². The van der Waals surface area contributed by atoms with Crippen molar-refractivity contribution in [2.24, 2.45) is 5.92 Å². The van der Waals surface area contributed by atoms with Crippen LogP contribution in [0.4, 0.5) is 4.39 Å². The Hall–Kier alpha value is -1.56. The molecular weight excluding hydrogens is 241 g/mol. The van der Waals surface area contributed by atoms with Gasteiger partial charge in [-0.2, -0.15) is 5.26 Å². The van der Waals surface area contributed by atoms with Crippen LogP contribution in [0.5, 0.6) is 5.75 Å². The summed E-state index contributed by atoms with van der Waals surface area (Å²) >= 11 is 0. The number of nitrogens with zero attached hydrogens (tertiary/aromatic N) is 1. The van der Waals surface area contributed by atoms with Crippen LogP contribution >= 0.6 is 0 Å². The van der Waals surface area contributed by atoms with Gasteiger partial charge in [0.05, 0.1) is 5.56 Å². The van der Waals surface area contributed by atoms with Crippen LogP contribution in [-0.2, 0) is 0 Å². The van der Waals surface area contributed by atoms with E-state index in [1.807, 2.05) is 0 Å². The van der Waals surface area contributed by atoms with Gasteiger partial charge in [0.2, 0.25) is 0 Å². The number of benzene rings is 1. The third kappa shape index (κ3) is 2.89. The van der Waals surface area contributed by atoms with E-state index in [4.69, 9.17) is 5.26 Å². The van der Waals surface area contributed by atoms with E-state index in [0.29, 0.717) is 5.56 Å². The molecule has 0 aromatic heterocycles. The molecule has 2 nitrogen and oxygen atoms in total. The van der Waals surface area contributed by atoms with Crippen LogP contribution < -0.4 is 0 Å². The first-order valence-corrected chi connectivity index (χ1v) is 7.08. The second kappa shape index (κ2) is 6.06. The first-order valence-electron chi connectivity index (χ1n) is 7.08. The average molecular weight is 261 g/mol. The maximum atomic E-state index is 14.1. The Kier molecular flexibility index (Phi) is 4.42. The van der Waals surface area contributed by atoms with Crippen molar-refractivity contribution in [3.63, 3.8) is 0 Å². The minimum atomic E-state index is -0.599. The Morgan fingerprint density at radius 2 is 2.00 bits per heavy atom. The third-order valence-corrected chi connectivity index (χ3v) is 4.25. The monoisotopic (exact) mass is 261 g/mol. The molecule has 0 radical (unpaired) electrons. The van der Waals surface area contributed by atoms with E-state index < -0.39 is 11.6 Å². The van der Waals surface area contributed by atoms with Gasteiger partial charge in [-0.15, -0.1) is 0 Å². The van der Waals surface area contributed by atoms with Gasteiger partial charge in [0, 0.05) is 0 Å². The van der Waals surface area contributed by atoms with Gasteiger partial charge in [-0.05, 0) is 49.1 Å². The van der Waals surface area contributed by atoms with Crippen LogP contribution in [0, 0.1) is 23.1 Å². The fourth-order valence-electron chi connectivity index (χ4n) is 3.16. The molecule has 19 heavy (non-hydrogen) atoms. The fourth-order valence-corrected chi connectivity index (χ4v) is 3.16. The standard InChI is InChI=1S/C16H20FNO/c1-2-3-11-4-6-12(7-5-11)14-9-8-13(10-18)16(19)15(14)17/h8-9,11-12,19H,2-7H2,1H3. The van der Waals surface area contributed by atoms with Crippen LogP contribution in [0.1, 0.15) is 62.5 Å². The SMILES string of the molecule is CCCC1CCC(c2ccc(C#N)c(O)c2F)CC1. The molecule has 0 unspecified atom stereocenters. The number of phenolic OH excluding ortho intramolecular Hbond substituents is 1. The lowest BCUT2D eigenvalue weighted by Crippen LogP contribution is -2.14. The van der Waals surface area contributed by atoms with Gasteiger partial charge in [0.15, 0.2) is 11.6 Å². The molecule has 0 heterocycles. The second-order valence-electron chi connectivity index (χ2n) is 5.48. The van der Waals surface area contributed by atoms with Gasteiger partial charge in [-0.25, -0.2) is 4.39 Å². The maximum Gasteiger partial charge on any atom is 0.169 e. The Morgan fingerprint density at radius 1 is 1.32 bits per heavy atom. The molecule has 1 aromatic carbocycles. The van der Waals surface area contributed by atoms with Crippen LogP contribution in [0.2, 0.25) is 0 Å². The molecule has 0 spiro atoms. The number of phenols is 1. The molecule has 0 saturated heterocycles. The van der Waals surface area contributed by atoms with Crippen molar-refractivity contribution >= 4 is 0 Å². The van der Waals surface area contributed by atoms with Crippen molar-refractivity contribution in [2.75, 3.05) is 0 Å². The van der Waals surface area contributed by atoms with E-state index in [1.54, 1.807) is 12.1 Å². The van der Waals surface area contributed by atoms with Crippen molar-refractivity contribution in [3.05, 3.63) is 29.1 Å². The van der Waals surface area contributed by atoms with Crippen molar-refractivity contribution in [1.82, 2.24) is 0 Å². The van der Waals surface area contributed by atoms with Crippen molar-refractivity contribution in [2.45, 2.75) is 51.4 Å². The van der Waals surface area contributed by atoms with E-state index in [-0.39, 0.29) is 11.5 Å². The maximum absolute atomic E-state index is 14.1. The predicted molar refractivity (Wildman–Crippen MR) is 72.4 cm³/mol. The number of nitriles is 1. The lowest BCUT2D eigenvalue weighted by molar-refractivity contribution is 0.302. The number of rotatable bonds is 3. The second-order valence-corrected chi connectivity index (χ2v) is 5.48. The zero-order valence-electron chi connectivity index (χ0n) is 11.3. The highest BCUT2D eigenvalue weighted by molar-refractivity contribution is 5.46. The van der Waals surface area contributed by atoms with E-state index in [9.17, 15) is 9.50 Å². The van der Waals surface area contributed by atoms with Crippen molar-refractivity contribution in [3.8, 4) is 11.8 Å². The summed E-state index contributed by atoms with van der Waals surface area (Å²) in [7, 11) is 0. The van der Waals surface area contributed by atoms with Gasteiger partial charge in [-0.3, -0.25) is 0 Å². The summed E-state index contributed by atoms with van der Waals surface area (Å²) in [4.78, 5) is 0. The molecule has 0 bridgehead atoms. The van der Waals surface area contributed by atoms with Crippen LogP contribution in [0.15, 0.2) is 12.1 Å². The molecule has 1 fully saturated rings. The molecule has 1 aliphatic rings. The summed E-state index contributed by atoms with van der Waals surface area (Å²) in [5, 5.41) is 18.4. The third-order valence-electron chi connectivity index (χ3n) is 4.25. The van der Waals surface area contributed by atoms with Gasteiger partial charge in [0.1, 0.15) is 6.07 Å². The van der Waals surface area contributed by atoms with E-state index in [2.05, 4.69) is 6.92 Å². The molecule has 1 aromatic rings. The lowest BCUT2D eigenvalue weighted by Gasteiger charge is -2.29. The average Bonchev–Trinajstić information content (AvgIpc) is 2.43. The molecule has 102 valence electrons. The number of hydrogen-bond donors (Lipinski definition) is 1. The summed E-state index contributed by atoms with van der Waals surface area (Å²) in [5.74, 6) is -0.128. The summed E-state index contributed by atoms with van der Waals surface area (Å²) in [5.41, 5.74) is 0.590. The Morgan fingerprint density at radius 3 is 2.58 bits per heavy atom. The van der Waals surface area contributed by atoms with E-state index >= 15 is 0 Å². The topological polar surface area (TPSA) is 44.0 Å². The normalized spacial score (nSPS) is 23.0. The molecule has 1 aliphatic carbocycles. The Balaban J connectivity index is 2.12. The Bertz CT molecular complexity index is 484. The zero-order valence-corrected chi connectivity index (χ0v) is 11.3. The quantitative estimate of drug-likeness (QED) is 0.872.